The number of benzene rings is 2. The largest absolute Gasteiger partial charge is 0.469 e. The number of hydrogen-bond donors (Lipinski definition) is 1. The fourth-order valence-electron chi connectivity index (χ4n) is 4.62. The third kappa shape index (κ3) is 8.91. The van der Waals surface area contributed by atoms with Crippen LogP contribution in [0.15, 0.2) is 48.5 Å². The fraction of sp³-hybridized carbons (Fsp3) is 0.517. The molecular formula is C29H38ClNO5. The molecule has 0 spiro atoms. The Hall–Kier alpha value is -2.41. The van der Waals surface area contributed by atoms with Crippen LogP contribution in [0.25, 0.3) is 0 Å². The van der Waals surface area contributed by atoms with Crippen LogP contribution in [-0.4, -0.2) is 45.4 Å². The molecular weight excluding hydrogens is 478 g/mol. The molecule has 6 nitrogen and oxygen atoms in total. The maximum atomic E-state index is 13.0. The van der Waals surface area contributed by atoms with Crippen molar-refractivity contribution in [1.29, 1.82) is 0 Å². The van der Waals surface area contributed by atoms with Gasteiger partial charge < -0.3 is 19.5 Å². The van der Waals surface area contributed by atoms with E-state index >= 15 is 0 Å². The molecule has 0 aromatic heterocycles. The third-order valence-electron chi connectivity index (χ3n) is 6.69. The van der Waals surface area contributed by atoms with Gasteiger partial charge in [0.05, 0.1) is 7.11 Å². The van der Waals surface area contributed by atoms with Crippen LogP contribution in [0.4, 0.5) is 0 Å². The van der Waals surface area contributed by atoms with Crippen molar-refractivity contribution in [1.82, 2.24) is 5.32 Å². The quantitative estimate of drug-likeness (QED) is 0.263. The maximum absolute atomic E-state index is 13.0. The Bertz CT molecular complexity index is 976. The number of carbonyl (C=O) groups is 2. The van der Waals surface area contributed by atoms with E-state index in [1.807, 2.05) is 48.5 Å². The van der Waals surface area contributed by atoms with Gasteiger partial charge in [0.25, 0.3) is 5.91 Å². The summed E-state index contributed by atoms with van der Waals surface area (Å²) in [6.07, 6.45) is 4.83. The van der Waals surface area contributed by atoms with Gasteiger partial charge in [-0.3, -0.25) is 9.59 Å². The van der Waals surface area contributed by atoms with E-state index in [4.69, 9.17) is 25.8 Å². The zero-order valence-corrected chi connectivity index (χ0v) is 22.1. The first kappa shape index (κ1) is 28.2. The molecule has 1 amide bonds. The first-order valence-corrected chi connectivity index (χ1v) is 13.3. The number of rotatable bonds is 13. The van der Waals surface area contributed by atoms with Crippen LogP contribution in [0.3, 0.4) is 0 Å². The number of ether oxygens (including phenoxy) is 3. The molecule has 1 N–H and O–H groups in total. The minimum absolute atomic E-state index is 0.0919. The summed E-state index contributed by atoms with van der Waals surface area (Å²) in [5.74, 6) is 0.656. The van der Waals surface area contributed by atoms with Gasteiger partial charge in [0.2, 0.25) is 0 Å². The summed E-state index contributed by atoms with van der Waals surface area (Å²) in [4.78, 5) is 24.5. The molecule has 1 aliphatic rings. The normalized spacial score (nSPS) is 17.2. The zero-order chi connectivity index (χ0) is 25.8. The number of esters is 1. The van der Waals surface area contributed by atoms with Crippen molar-refractivity contribution in [3.05, 3.63) is 70.2 Å². The minimum Gasteiger partial charge on any atom is -0.469 e. The summed E-state index contributed by atoms with van der Waals surface area (Å²) in [5.41, 5.74) is 2.33. The molecule has 3 rings (SSSR count). The van der Waals surface area contributed by atoms with Crippen LogP contribution in [-0.2, 0) is 19.0 Å². The molecule has 1 aliphatic heterocycles. The van der Waals surface area contributed by atoms with Gasteiger partial charge in [0.1, 0.15) is 6.10 Å². The number of halogens is 1. The van der Waals surface area contributed by atoms with E-state index < -0.39 is 6.10 Å². The summed E-state index contributed by atoms with van der Waals surface area (Å²) in [5, 5.41) is 3.74. The number of methoxy groups -OCH3 is 1. The predicted octanol–water partition coefficient (Wildman–Crippen LogP) is 5.97. The molecule has 0 aliphatic carbocycles. The molecule has 196 valence electrons. The summed E-state index contributed by atoms with van der Waals surface area (Å²) in [7, 11) is 1.38. The average molecular weight is 516 g/mol. The van der Waals surface area contributed by atoms with Crippen LogP contribution in [0, 0.1) is 11.8 Å². The maximum Gasteiger partial charge on any atom is 0.305 e. The van der Waals surface area contributed by atoms with Gasteiger partial charge in [0.15, 0.2) is 0 Å². The van der Waals surface area contributed by atoms with Crippen molar-refractivity contribution in [2.45, 2.75) is 51.6 Å². The van der Waals surface area contributed by atoms with Gasteiger partial charge in [-0.25, -0.2) is 0 Å². The van der Waals surface area contributed by atoms with Crippen LogP contribution >= 0.6 is 11.6 Å². The standard InChI is InChI=1S/C29H38ClNO5/c1-3-21(16-22-8-6-14-35-20-22)19-31-29(33)25-11-4-9-23(17-25)28(24-10-5-12-26(30)18-24)36-15-7-13-27(32)34-2/h4-5,9-12,17-18,21-22,28H,3,6-8,13-16,19-20H2,1-2H3,(H,31,33)/t21-,22+,28-/m1/s1. The molecule has 2 aromatic rings. The SMILES string of the molecule is CC[C@@H](CNC(=O)c1cccc([C@@H](OCCCC(=O)OC)c2cccc(Cl)c2)c1)C[C@@H]1CCCOC1. The highest BCUT2D eigenvalue weighted by Crippen LogP contribution is 2.29. The van der Waals surface area contributed by atoms with Crippen molar-refractivity contribution in [2.75, 3.05) is 33.5 Å². The van der Waals surface area contributed by atoms with Crippen molar-refractivity contribution < 1.29 is 23.8 Å². The summed E-state index contributed by atoms with van der Waals surface area (Å²) >= 11 is 6.25. The zero-order valence-electron chi connectivity index (χ0n) is 21.3. The van der Waals surface area contributed by atoms with Gasteiger partial charge in [-0.2, -0.15) is 0 Å². The summed E-state index contributed by atoms with van der Waals surface area (Å²) in [6, 6.07) is 15.0. The Morgan fingerprint density at radius 3 is 2.64 bits per heavy atom. The highest BCUT2D eigenvalue weighted by molar-refractivity contribution is 6.30. The average Bonchev–Trinajstić information content (AvgIpc) is 2.91. The van der Waals surface area contributed by atoms with E-state index in [1.54, 1.807) is 0 Å². The van der Waals surface area contributed by atoms with Crippen molar-refractivity contribution in [3.8, 4) is 0 Å². The first-order valence-electron chi connectivity index (χ1n) is 12.9. The third-order valence-corrected chi connectivity index (χ3v) is 6.93. The number of carbonyl (C=O) groups excluding carboxylic acids is 2. The predicted molar refractivity (Wildman–Crippen MR) is 141 cm³/mol. The molecule has 7 heteroatoms. The van der Waals surface area contributed by atoms with Gasteiger partial charge in [-0.15, -0.1) is 0 Å². The lowest BCUT2D eigenvalue weighted by Crippen LogP contribution is -2.31. The number of nitrogens with one attached hydrogen (secondary N) is 1. The van der Waals surface area contributed by atoms with Crippen molar-refractivity contribution in [3.63, 3.8) is 0 Å². The van der Waals surface area contributed by atoms with Crippen LogP contribution < -0.4 is 5.32 Å². The van der Waals surface area contributed by atoms with Crippen molar-refractivity contribution >= 4 is 23.5 Å². The fourth-order valence-corrected chi connectivity index (χ4v) is 4.81. The lowest BCUT2D eigenvalue weighted by molar-refractivity contribution is -0.141. The van der Waals surface area contributed by atoms with Gasteiger partial charge >= 0.3 is 5.97 Å². The molecule has 1 heterocycles. The molecule has 0 radical (unpaired) electrons. The highest BCUT2D eigenvalue weighted by Gasteiger charge is 2.21. The smallest absolute Gasteiger partial charge is 0.305 e. The topological polar surface area (TPSA) is 73.9 Å². The van der Waals surface area contributed by atoms with E-state index in [-0.39, 0.29) is 18.3 Å². The van der Waals surface area contributed by atoms with E-state index in [1.165, 1.54) is 13.5 Å². The molecule has 3 atom stereocenters. The molecule has 0 unspecified atom stereocenters. The lowest BCUT2D eigenvalue weighted by atomic mass is 9.89. The van der Waals surface area contributed by atoms with Gasteiger partial charge in [-0.05, 0) is 72.9 Å². The van der Waals surface area contributed by atoms with E-state index in [2.05, 4.69) is 12.2 Å². The van der Waals surface area contributed by atoms with E-state index in [9.17, 15) is 9.59 Å². The Labute approximate surface area is 219 Å². The van der Waals surface area contributed by atoms with Crippen LogP contribution in [0.1, 0.15) is 73.0 Å². The molecule has 0 saturated carbocycles. The van der Waals surface area contributed by atoms with Gasteiger partial charge in [0, 0.05) is 43.4 Å². The Morgan fingerprint density at radius 2 is 1.94 bits per heavy atom. The Kier molecular flexibility index (Phi) is 11.7. The minimum atomic E-state index is -0.413. The lowest BCUT2D eigenvalue weighted by Gasteiger charge is -2.26. The number of hydrogen-bond acceptors (Lipinski definition) is 5. The Morgan fingerprint density at radius 1 is 1.17 bits per heavy atom. The molecule has 1 fully saturated rings. The molecule has 0 bridgehead atoms. The second kappa shape index (κ2) is 15.0. The monoisotopic (exact) mass is 515 g/mol. The van der Waals surface area contributed by atoms with E-state index in [0.717, 1.165) is 43.6 Å². The summed E-state index contributed by atoms with van der Waals surface area (Å²) in [6.45, 7) is 4.89. The second-order valence-electron chi connectivity index (χ2n) is 9.41. The Balaban J connectivity index is 1.66. The highest BCUT2D eigenvalue weighted by atomic mass is 35.5. The van der Waals surface area contributed by atoms with E-state index in [0.29, 0.717) is 42.0 Å². The second-order valence-corrected chi connectivity index (χ2v) is 9.85. The van der Waals surface area contributed by atoms with Crippen LogP contribution in [0.2, 0.25) is 5.02 Å². The van der Waals surface area contributed by atoms with Crippen LogP contribution in [0.5, 0.6) is 0 Å². The first-order chi connectivity index (χ1) is 17.5. The number of amides is 1. The van der Waals surface area contributed by atoms with Gasteiger partial charge in [-0.1, -0.05) is 49.2 Å². The summed E-state index contributed by atoms with van der Waals surface area (Å²) < 4.78 is 16.5. The van der Waals surface area contributed by atoms with Crippen molar-refractivity contribution in [2.24, 2.45) is 11.8 Å². The molecule has 2 aromatic carbocycles. The molecule has 1 saturated heterocycles. The molecule has 36 heavy (non-hydrogen) atoms.